The summed E-state index contributed by atoms with van der Waals surface area (Å²) in [6.07, 6.45) is 4.29. The molecule has 2 rings (SSSR count). The zero-order chi connectivity index (χ0) is 14.2. The number of hydrogen-bond acceptors (Lipinski definition) is 3. The average Bonchev–Trinajstić information content (AvgIpc) is 2.98. The van der Waals surface area contributed by atoms with E-state index in [-0.39, 0.29) is 24.0 Å². The van der Waals surface area contributed by atoms with Crippen molar-refractivity contribution >= 4 is 29.9 Å². The highest BCUT2D eigenvalue weighted by atomic mass is 127. The molecule has 5 nitrogen and oxygen atoms in total. The van der Waals surface area contributed by atoms with Crippen LogP contribution in [0.3, 0.4) is 0 Å². The molecule has 0 unspecified atom stereocenters. The van der Waals surface area contributed by atoms with E-state index in [4.69, 9.17) is 9.73 Å². The maximum absolute atomic E-state index is 5.41. The number of nitrogens with zero attached hydrogens (tertiary/aromatic N) is 3. The van der Waals surface area contributed by atoms with Gasteiger partial charge >= 0.3 is 0 Å². The van der Waals surface area contributed by atoms with E-state index in [1.807, 2.05) is 19.1 Å². The van der Waals surface area contributed by atoms with Gasteiger partial charge in [0.15, 0.2) is 5.96 Å². The summed E-state index contributed by atoms with van der Waals surface area (Å²) in [6, 6.07) is 3.94. The molecular formula is C15H25IN4O. The van der Waals surface area contributed by atoms with Crippen LogP contribution in [0.2, 0.25) is 0 Å². The number of ether oxygens (including phenoxy) is 1. The van der Waals surface area contributed by atoms with Crippen LogP contribution >= 0.6 is 24.0 Å². The van der Waals surface area contributed by atoms with Gasteiger partial charge in [0.1, 0.15) is 0 Å². The average molecular weight is 404 g/mol. The van der Waals surface area contributed by atoms with Crippen LogP contribution in [0.5, 0.6) is 5.88 Å². The SMILES string of the molecule is CCNC(=NCc1ccnc(OCC)c1)N1CCCC1.I. The first-order chi connectivity index (χ1) is 9.83. The fraction of sp³-hybridized carbons (Fsp3) is 0.600. The second kappa shape index (κ2) is 9.81. The number of guanidine groups is 1. The molecule has 2 heterocycles. The molecule has 0 atom stereocenters. The predicted octanol–water partition coefficient (Wildman–Crippen LogP) is 2.66. The zero-order valence-electron chi connectivity index (χ0n) is 12.8. The van der Waals surface area contributed by atoms with Crippen molar-refractivity contribution in [3.63, 3.8) is 0 Å². The van der Waals surface area contributed by atoms with E-state index in [1.54, 1.807) is 6.20 Å². The number of likely N-dealkylation sites (tertiary alicyclic amines) is 1. The van der Waals surface area contributed by atoms with Crippen molar-refractivity contribution in [2.75, 3.05) is 26.2 Å². The molecular weight excluding hydrogens is 379 g/mol. The summed E-state index contributed by atoms with van der Waals surface area (Å²) < 4.78 is 5.41. The number of pyridine rings is 1. The van der Waals surface area contributed by atoms with Crippen molar-refractivity contribution in [2.24, 2.45) is 4.99 Å². The highest BCUT2D eigenvalue weighted by Crippen LogP contribution is 2.12. The van der Waals surface area contributed by atoms with Crippen LogP contribution < -0.4 is 10.1 Å². The lowest BCUT2D eigenvalue weighted by molar-refractivity contribution is 0.326. The second-order valence-electron chi connectivity index (χ2n) is 4.80. The standard InChI is InChI=1S/C15H24N4O.HI/c1-3-16-15(19-9-5-6-10-19)18-12-13-7-8-17-14(11-13)20-4-2;/h7-8,11H,3-6,9-10,12H2,1-2H3,(H,16,18);1H. The third-order valence-electron chi connectivity index (χ3n) is 3.24. The van der Waals surface area contributed by atoms with Gasteiger partial charge in [0.25, 0.3) is 0 Å². The Morgan fingerprint density at radius 2 is 2.14 bits per heavy atom. The highest BCUT2D eigenvalue weighted by molar-refractivity contribution is 14.0. The fourth-order valence-electron chi connectivity index (χ4n) is 2.30. The summed E-state index contributed by atoms with van der Waals surface area (Å²) in [4.78, 5) is 11.2. The lowest BCUT2D eigenvalue weighted by Crippen LogP contribution is -2.39. The maximum Gasteiger partial charge on any atom is 0.213 e. The van der Waals surface area contributed by atoms with Gasteiger partial charge in [0, 0.05) is 31.9 Å². The van der Waals surface area contributed by atoms with Crippen LogP contribution in [0, 0.1) is 0 Å². The van der Waals surface area contributed by atoms with E-state index in [1.165, 1.54) is 12.8 Å². The Labute approximate surface area is 144 Å². The Balaban J connectivity index is 0.00000220. The molecule has 0 radical (unpaired) electrons. The number of aromatic nitrogens is 1. The molecule has 1 saturated heterocycles. The summed E-state index contributed by atoms with van der Waals surface area (Å²) in [6.45, 7) is 8.46. The summed E-state index contributed by atoms with van der Waals surface area (Å²) in [5.41, 5.74) is 1.12. The second-order valence-corrected chi connectivity index (χ2v) is 4.80. The van der Waals surface area contributed by atoms with Gasteiger partial charge in [-0.25, -0.2) is 9.98 Å². The molecule has 0 bridgehead atoms. The van der Waals surface area contributed by atoms with Gasteiger partial charge in [-0.15, -0.1) is 24.0 Å². The van der Waals surface area contributed by atoms with Crippen LogP contribution in [0.4, 0.5) is 0 Å². The molecule has 118 valence electrons. The number of aliphatic imine (C=N–C) groups is 1. The van der Waals surface area contributed by atoms with Gasteiger partial charge in [-0.05, 0) is 38.3 Å². The summed E-state index contributed by atoms with van der Waals surface area (Å²) >= 11 is 0. The summed E-state index contributed by atoms with van der Waals surface area (Å²) in [5, 5.41) is 3.36. The van der Waals surface area contributed by atoms with E-state index in [2.05, 4.69) is 22.1 Å². The third-order valence-corrected chi connectivity index (χ3v) is 3.24. The minimum atomic E-state index is 0. The van der Waals surface area contributed by atoms with Crippen molar-refractivity contribution in [1.29, 1.82) is 0 Å². The van der Waals surface area contributed by atoms with E-state index in [0.29, 0.717) is 19.0 Å². The minimum Gasteiger partial charge on any atom is -0.478 e. The van der Waals surface area contributed by atoms with Crippen molar-refractivity contribution in [3.8, 4) is 5.88 Å². The molecule has 1 aromatic heterocycles. The van der Waals surface area contributed by atoms with E-state index >= 15 is 0 Å². The van der Waals surface area contributed by atoms with Crippen LogP contribution in [-0.4, -0.2) is 42.1 Å². The molecule has 0 saturated carbocycles. The summed E-state index contributed by atoms with van der Waals surface area (Å²) in [5.74, 6) is 1.69. The van der Waals surface area contributed by atoms with Gasteiger partial charge in [0.2, 0.25) is 5.88 Å². The number of halogens is 1. The molecule has 1 fully saturated rings. The molecule has 0 spiro atoms. The molecule has 21 heavy (non-hydrogen) atoms. The number of nitrogens with one attached hydrogen (secondary N) is 1. The van der Waals surface area contributed by atoms with Crippen LogP contribution in [0.15, 0.2) is 23.3 Å². The Hall–Kier alpha value is -1.05. The Morgan fingerprint density at radius 3 is 2.81 bits per heavy atom. The molecule has 0 amide bonds. The third kappa shape index (κ3) is 5.68. The van der Waals surface area contributed by atoms with E-state index < -0.39 is 0 Å². The normalized spacial score (nSPS) is 14.8. The van der Waals surface area contributed by atoms with Gasteiger partial charge in [-0.2, -0.15) is 0 Å². The first kappa shape index (κ1) is 18.0. The van der Waals surface area contributed by atoms with Gasteiger partial charge in [-0.3, -0.25) is 0 Å². The smallest absolute Gasteiger partial charge is 0.213 e. The Morgan fingerprint density at radius 1 is 1.38 bits per heavy atom. The summed E-state index contributed by atoms with van der Waals surface area (Å²) in [7, 11) is 0. The van der Waals surface area contributed by atoms with E-state index in [9.17, 15) is 0 Å². The minimum absolute atomic E-state index is 0. The molecule has 0 aromatic carbocycles. The zero-order valence-corrected chi connectivity index (χ0v) is 15.2. The Kier molecular flexibility index (Phi) is 8.41. The molecule has 1 aliphatic rings. The van der Waals surface area contributed by atoms with Gasteiger partial charge in [0.05, 0.1) is 13.2 Å². The van der Waals surface area contributed by atoms with Crippen molar-refractivity contribution in [1.82, 2.24) is 15.2 Å². The van der Waals surface area contributed by atoms with E-state index in [0.717, 1.165) is 31.2 Å². The molecule has 1 aliphatic heterocycles. The maximum atomic E-state index is 5.41. The highest BCUT2D eigenvalue weighted by Gasteiger charge is 2.15. The largest absolute Gasteiger partial charge is 0.478 e. The molecule has 1 aromatic rings. The quantitative estimate of drug-likeness (QED) is 0.466. The van der Waals surface area contributed by atoms with Gasteiger partial charge < -0.3 is 15.0 Å². The lowest BCUT2D eigenvalue weighted by Gasteiger charge is -2.20. The van der Waals surface area contributed by atoms with Crippen molar-refractivity contribution in [3.05, 3.63) is 23.9 Å². The molecule has 0 aliphatic carbocycles. The van der Waals surface area contributed by atoms with Crippen LogP contribution in [0.25, 0.3) is 0 Å². The first-order valence-corrected chi connectivity index (χ1v) is 7.44. The van der Waals surface area contributed by atoms with Gasteiger partial charge in [-0.1, -0.05) is 0 Å². The monoisotopic (exact) mass is 404 g/mol. The molecule has 6 heteroatoms. The van der Waals surface area contributed by atoms with Crippen LogP contribution in [-0.2, 0) is 6.54 Å². The topological polar surface area (TPSA) is 49.8 Å². The lowest BCUT2D eigenvalue weighted by atomic mass is 10.3. The predicted molar refractivity (Wildman–Crippen MR) is 96.4 cm³/mol. The fourth-order valence-corrected chi connectivity index (χ4v) is 2.30. The number of hydrogen-bond donors (Lipinski definition) is 1. The number of rotatable bonds is 5. The van der Waals surface area contributed by atoms with Crippen molar-refractivity contribution in [2.45, 2.75) is 33.2 Å². The molecule has 1 N–H and O–H groups in total. The van der Waals surface area contributed by atoms with Crippen molar-refractivity contribution < 1.29 is 4.74 Å². The van der Waals surface area contributed by atoms with Crippen LogP contribution in [0.1, 0.15) is 32.3 Å². The first-order valence-electron chi connectivity index (χ1n) is 7.44. The Bertz CT molecular complexity index is 447.